The Hall–Kier alpha value is -1.97. The van der Waals surface area contributed by atoms with E-state index < -0.39 is 10.0 Å². The van der Waals surface area contributed by atoms with Crippen LogP contribution in [0.1, 0.15) is 24.5 Å². The van der Waals surface area contributed by atoms with Gasteiger partial charge in [0.05, 0.1) is 17.5 Å². The summed E-state index contributed by atoms with van der Waals surface area (Å²) in [7, 11) is 0.485. The zero-order chi connectivity index (χ0) is 19.4. The summed E-state index contributed by atoms with van der Waals surface area (Å²) < 4.78 is 32.8. The summed E-state index contributed by atoms with van der Waals surface area (Å²) in [5.74, 6) is 3.71. The van der Waals surface area contributed by atoms with Crippen molar-refractivity contribution in [3.63, 3.8) is 0 Å². The van der Waals surface area contributed by atoms with Crippen LogP contribution in [0.3, 0.4) is 0 Å². The Bertz CT molecular complexity index is 922. The molecule has 2 N–H and O–H groups in total. The fourth-order valence-electron chi connectivity index (χ4n) is 2.54. The highest BCUT2D eigenvalue weighted by Gasteiger charge is 2.24. The zero-order valence-corrected chi connectivity index (χ0v) is 17.2. The largest absolute Gasteiger partial charge is 0.464 e. The zero-order valence-electron chi connectivity index (χ0n) is 15.6. The number of fused-ring (bicyclic) bond motifs is 1. The van der Waals surface area contributed by atoms with Gasteiger partial charge in [-0.2, -0.15) is 11.8 Å². The molecule has 0 fully saturated rings. The lowest BCUT2D eigenvalue weighted by Gasteiger charge is -2.18. The van der Waals surface area contributed by atoms with Crippen LogP contribution in [0.25, 0.3) is 0 Å². The quantitative estimate of drug-likeness (QED) is 0.685. The average molecular weight is 409 g/mol. The minimum atomic E-state index is -3.56. The average Bonchev–Trinajstić information content (AvgIpc) is 3.09. The Morgan fingerprint density at radius 3 is 2.81 bits per heavy atom. The molecular weight excluding hydrogens is 384 g/mol. The molecule has 0 saturated heterocycles. The number of thioether (sulfide) groups is 1. The van der Waals surface area contributed by atoms with E-state index in [1.165, 1.54) is 0 Å². The first-order valence-corrected chi connectivity index (χ1v) is 11.3. The maximum Gasteiger partial charge on any atom is 0.266 e. The van der Waals surface area contributed by atoms with Crippen LogP contribution in [0.4, 0.5) is 5.69 Å². The van der Waals surface area contributed by atoms with E-state index in [2.05, 4.69) is 26.9 Å². The van der Waals surface area contributed by atoms with Crippen LogP contribution >= 0.6 is 11.8 Å². The molecule has 0 aliphatic carbocycles. The summed E-state index contributed by atoms with van der Waals surface area (Å²) in [5, 5.41) is 3.04. The molecule has 0 bridgehead atoms. The van der Waals surface area contributed by atoms with Gasteiger partial charge in [-0.25, -0.2) is 18.1 Å². The van der Waals surface area contributed by atoms with E-state index in [0.29, 0.717) is 12.2 Å². The van der Waals surface area contributed by atoms with Crippen LogP contribution in [0.5, 0.6) is 0 Å². The molecule has 1 aliphatic heterocycles. The first-order valence-electron chi connectivity index (χ1n) is 8.64. The second kappa shape index (κ2) is 8.37. The Kier molecular flexibility index (Phi) is 6.13. The van der Waals surface area contributed by atoms with Crippen molar-refractivity contribution in [3.8, 4) is 0 Å². The molecule has 1 atom stereocenters. The highest BCUT2D eigenvalue weighted by molar-refractivity contribution is 7.98. The van der Waals surface area contributed by atoms with Crippen LogP contribution < -0.4 is 10.0 Å². The van der Waals surface area contributed by atoms with E-state index in [-0.39, 0.29) is 16.9 Å². The standard InChI is InChI=1S/C18H24N4O3S2/c1-13(22(2)3)16-9-8-14(25-16)12-26-11-10-19-18-20-15-6-4-5-7-17(15)27(23,24)21-18/h4-9,13H,10-12H2,1-3H3,(H2,19,20,21). The van der Waals surface area contributed by atoms with Gasteiger partial charge in [-0.05, 0) is 45.3 Å². The van der Waals surface area contributed by atoms with Gasteiger partial charge in [0.25, 0.3) is 10.0 Å². The van der Waals surface area contributed by atoms with Crippen molar-refractivity contribution in [1.82, 2.24) is 14.9 Å². The number of nitrogens with zero attached hydrogens (tertiary/aromatic N) is 2. The van der Waals surface area contributed by atoms with Crippen LogP contribution in [-0.2, 0) is 15.8 Å². The number of hydrogen-bond donors (Lipinski definition) is 2. The molecule has 9 heteroatoms. The van der Waals surface area contributed by atoms with Crippen molar-refractivity contribution in [3.05, 3.63) is 47.9 Å². The lowest BCUT2D eigenvalue weighted by molar-refractivity contribution is 0.274. The number of aliphatic imine (C=N–C) groups is 1. The Labute approximate surface area is 164 Å². The maximum absolute atomic E-state index is 12.2. The van der Waals surface area contributed by atoms with Gasteiger partial charge >= 0.3 is 0 Å². The van der Waals surface area contributed by atoms with Gasteiger partial charge in [0.2, 0.25) is 5.96 Å². The molecule has 2 aromatic rings. The highest BCUT2D eigenvalue weighted by atomic mass is 32.2. The molecule has 1 unspecified atom stereocenters. The number of furan rings is 1. The predicted molar refractivity (Wildman–Crippen MR) is 109 cm³/mol. The van der Waals surface area contributed by atoms with Gasteiger partial charge in [0.15, 0.2) is 0 Å². The van der Waals surface area contributed by atoms with Crippen molar-refractivity contribution >= 4 is 33.4 Å². The third-order valence-corrected chi connectivity index (χ3v) is 6.64. The normalized spacial score (nSPS) is 16.4. The highest BCUT2D eigenvalue weighted by Crippen LogP contribution is 2.26. The summed E-state index contributed by atoms with van der Waals surface area (Å²) in [6.45, 7) is 2.69. The predicted octanol–water partition coefficient (Wildman–Crippen LogP) is 2.70. The van der Waals surface area contributed by atoms with Crippen LogP contribution in [0.2, 0.25) is 0 Å². The topological polar surface area (TPSA) is 86.9 Å². The minimum Gasteiger partial charge on any atom is -0.464 e. The van der Waals surface area contributed by atoms with Gasteiger partial charge in [-0.15, -0.1) is 0 Å². The maximum atomic E-state index is 12.2. The van der Waals surface area contributed by atoms with Gasteiger partial charge < -0.3 is 9.73 Å². The number of nitrogens with one attached hydrogen (secondary N) is 2. The van der Waals surface area contributed by atoms with E-state index in [4.69, 9.17) is 4.42 Å². The summed E-state index contributed by atoms with van der Waals surface area (Å²) >= 11 is 1.71. The van der Waals surface area contributed by atoms with Crippen LogP contribution in [0, 0.1) is 0 Å². The number of para-hydroxylation sites is 1. The summed E-state index contributed by atoms with van der Waals surface area (Å²) in [4.78, 5) is 6.62. The van der Waals surface area contributed by atoms with Crippen molar-refractivity contribution in [2.24, 2.45) is 4.99 Å². The summed E-state index contributed by atoms with van der Waals surface area (Å²) in [6.07, 6.45) is 0. The SMILES string of the molecule is CC(c1ccc(CSCCNC2=Nc3ccccc3S(=O)(=O)N2)o1)N(C)C. The van der Waals surface area contributed by atoms with Crippen molar-refractivity contribution in [2.45, 2.75) is 23.6 Å². The summed E-state index contributed by atoms with van der Waals surface area (Å²) in [6, 6.07) is 10.9. The lowest BCUT2D eigenvalue weighted by Crippen LogP contribution is -2.43. The number of benzene rings is 1. The fourth-order valence-corrected chi connectivity index (χ4v) is 4.42. The smallest absolute Gasteiger partial charge is 0.266 e. The molecule has 0 spiro atoms. The second-order valence-electron chi connectivity index (χ2n) is 6.46. The Morgan fingerprint density at radius 1 is 1.26 bits per heavy atom. The molecule has 1 aliphatic rings. The number of sulfonamides is 1. The second-order valence-corrected chi connectivity index (χ2v) is 9.21. The monoisotopic (exact) mass is 408 g/mol. The van der Waals surface area contributed by atoms with Gasteiger partial charge in [0.1, 0.15) is 16.4 Å². The molecule has 0 saturated carbocycles. The molecule has 0 amide bonds. The van der Waals surface area contributed by atoms with Gasteiger partial charge in [-0.1, -0.05) is 12.1 Å². The van der Waals surface area contributed by atoms with Crippen molar-refractivity contribution in [1.29, 1.82) is 0 Å². The number of hydrogen-bond acceptors (Lipinski definition) is 7. The van der Waals surface area contributed by atoms with E-state index in [9.17, 15) is 8.42 Å². The van der Waals surface area contributed by atoms with Crippen LogP contribution in [-0.4, -0.2) is 45.7 Å². The van der Waals surface area contributed by atoms with E-state index in [1.807, 2.05) is 26.2 Å². The molecule has 27 heavy (non-hydrogen) atoms. The van der Waals surface area contributed by atoms with Gasteiger partial charge in [0, 0.05) is 12.3 Å². The van der Waals surface area contributed by atoms with Crippen LogP contribution in [0.15, 0.2) is 50.7 Å². The fraction of sp³-hybridized carbons (Fsp3) is 0.389. The molecule has 3 rings (SSSR count). The molecule has 0 radical (unpaired) electrons. The third kappa shape index (κ3) is 4.85. The molecule has 1 aromatic heterocycles. The number of guanidine groups is 1. The number of rotatable bonds is 7. The first kappa shape index (κ1) is 19.8. The molecule has 146 valence electrons. The Balaban J connectivity index is 1.47. The molecule has 1 aromatic carbocycles. The Morgan fingerprint density at radius 2 is 2.04 bits per heavy atom. The van der Waals surface area contributed by atoms with Crippen molar-refractivity contribution in [2.75, 3.05) is 26.4 Å². The van der Waals surface area contributed by atoms with E-state index >= 15 is 0 Å². The molecule has 2 heterocycles. The van der Waals surface area contributed by atoms with E-state index in [0.717, 1.165) is 23.0 Å². The van der Waals surface area contributed by atoms with Gasteiger partial charge in [-0.3, -0.25) is 4.90 Å². The first-order chi connectivity index (χ1) is 12.9. The minimum absolute atomic E-state index is 0.200. The third-order valence-electron chi connectivity index (χ3n) is 4.27. The summed E-state index contributed by atoms with van der Waals surface area (Å²) in [5.41, 5.74) is 0.449. The van der Waals surface area contributed by atoms with E-state index in [1.54, 1.807) is 36.0 Å². The lowest BCUT2D eigenvalue weighted by atomic mass is 10.2. The van der Waals surface area contributed by atoms with Crippen molar-refractivity contribution < 1.29 is 12.8 Å². The molecular formula is C18H24N4O3S2. The molecule has 7 nitrogen and oxygen atoms in total.